The van der Waals surface area contributed by atoms with E-state index in [4.69, 9.17) is 16.3 Å². The van der Waals surface area contributed by atoms with Crippen LogP contribution >= 0.6 is 11.6 Å². The SMILES string of the molecule is CCOC(=O)CC1CCCc2c1n(Cc1ccc(Cl)cc1)c1c(C)cccc21. The van der Waals surface area contributed by atoms with Gasteiger partial charge in [-0.3, -0.25) is 4.79 Å². The van der Waals surface area contributed by atoms with Crippen LogP contribution in [0, 0.1) is 6.92 Å². The molecular formula is C24H26ClNO2. The maximum absolute atomic E-state index is 12.3. The Bertz CT molecular complexity index is 1000. The number of esters is 1. The number of aryl methyl sites for hydroxylation is 2. The van der Waals surface area contributed by atoms with E-state index in [0.29, 0.717) is 13.0 Å². The number of halogens is 1. The molecule has 0 fully saturated rings. The van der Waals surface area contributed by atoms with E-state index in [1.165, 1.54) is 33.3 Å². The summed E-state index contributed by atoms with van der Waals surface area (Å²) in [5, 5.41) is 2.08. The van der Waals surface area contributed by atoms with Crippen LogP contribution in [0.1, 0.15) is 54.5 Å². The van der Waals surface area contributed by atoms with Crippen LogP contribution in [-0.4, -0.2) is 17.1 Å². The van der Waals surface area contributed by atoms with Crippen LogP contribution in [0.25, 0.3) is 10.9 Å². The molecule has 2 aromatic carbocycles. The molecule has 4 rings (SSSR count). The maximum atomic E-state index is 12.3. The quantitative estimate of drug-likeness (QED) is 0.494. The summed E-state index contributed by atoms with van der Waals surface area (Å²) in [7, 11) is 0. The van der Waals surface area contributed by atoms with E-state index < -0.39 is 0 Å². The molecule has 4 heteroatoms. The zero-order chi connectivity index (χ0) is 19.7. The van der Waals surface area contributed by atoms with Gasteiger partial charge in [-0.2, -0.15) is 0 Å². The minimum atomic E-state index is -0.0969. The zero-order valence-corrected chi connectivity index (χ0v) is 17.3. The molecule has 0 saturated carbocycles. The smallest absolute Gasteiger partial charge is 0.306 e. The number of para-hydroxylation sites is 1. The summed E-state index contributed by atoms with van der Waals surface area (Å²) in [6.07, 6.45) is 3.67. The molecule has 0 bridgehead atoms. The molecule has 0 aliphatic heterocycles. The van der Waals surface area contributed by atoms with Gasteiger partial charge in [0, 0.05) is 28.6 Å². The third-order valence-electron chi connectivity index (χ3n) is 5.77. The molecule has 1 aliphatic carbocycles. The fourth-order valence-electron chi connectivity index (χ4n) is 4.63. The fourth-order valence-corrected chi connectivity index (χ4v) is 4.76. The van der Waals surface area contributed by atoms with E-state index in [2.05, 4.69) is 41.8 Å². The predicted octanol–water partition coefficient (Wildman–Crippen LogP) is 6.02. The second-order valence-electron chi connectivity index (χ2n) is 7.65. The Morgan fingerprint density at radius 3 is 2.75 bits per heavy atom. The van der Waals surface area contributed by atoms with Crippen molar-refractivity contribution in [2.75, 3.05) is 6.61 Å². The summed E-state index contributed by atoms with van der Waals surface area (Å²) in [6, 6.07) is 14.6. The van der Waals surface area contributed by atoms with Crippen molar-refractivity contribution in [2.45, 2.75) is 52.0 Å². The molecular weight excluding hydrogens is 370 g/mol. The highest BCUT2D eigenvalue weighted by Gasteiger charge is 2.30. The highest BCUT2D eigenvalue weighted by Crippen LogP contribution is 2.41. The van der Waals surface area contributed by atoms with Gasteiger partial charge in [-0.05, 0) is 61.9 Å². The average molecular weight is 396 g/mol. The Balaban J connectivity index is 1.84. The van der Waals surface area contributed by atoms with Crippen LogP contribution in [0.5, 0.6) is 0 Å². The van der Waals surface area contributed by atoms with Crippen LogP contribution < -0.4 is 0 Å². The normalized spacial score (nSPS) is 16.2. The maximum Gasteiger partial charge on any atom is 0.306 e. The molecule has 3 nitrogen and oxygen atoms in total. The molecule has 3 aromatic rings. The van der Waals surface area contributed by atoms with Crippen LogP contribution in [0.15, 0.2) is 42.5 Å². The van der Waals surface area contributed by atoms with E-state index >= 15 is 0 Å². The van der Waals surface area contributed by atoms with Crippen LogP contribution in [0.2, 0.25) is 5.02 Å². The number of hydrogen-bond donors (Lipinski definition) is 0. The molecule has 0 saturated heterocycles. The van der Waals surface area contributed by atoms with Crippen LogP contribution in [0.3, 0.4) is 0 Å². The van der Waals surface area contributed by atoms with Crippen molar-refractivity contribution in [3.8, 4) is 0 Å². The molecule has 1 unspecified atom stereocenters. The topological polar surface area (TPSA) is 31.2 Å². The molecule has 146 valence electrons. The highest BCUT2D eigenvalue weighted by atomic mass is 35.5. The van der Waals surface area contributed by atoms with Crippen LogP contribution in [-0.2, 0) is 22.5 Å². The first kappa shape index (κ1) is 19.1. The number of ether oxygens (including phenoxy) is 1. The summed E-state index contributed by atoms with van der Waals surface area (Å²) < 4.78 is 7.70. The first-order chi connectivity index (χ1) is 13.6. The second kappa shape index (κ2) is 8.00. The monoisotopic (exact) mass is 395 g/mol. The molecule has 0 radical (unpaired) electrons. The number of benzene rings is 2. The number of carbonyl (C=O) groups excluding carboxylic acids is 1. The van der Waals surface area contributed by atoms with Crippen molar-refractivity contribution >= 4 is 28.5 Å². The molecule has 0 N–H and O–H groups in total. The Labute approximate surface area is 171 Å². The molecule has 1 heterocycles. The lowest BCUT2D eigenvalue weighted by Gasteiger charge is -2.25. The van der Waals surface area contributed by atoms with Crippen molar-refractivity contribution in [2.24, 2.45) is 0 Å². The summed E-state index contributed by atoms with van der Waals surface area (Å²) >= 11 is 6.08. The standard InChI is InChI=1S/C24H26ClNO2/c1-3-28-22(27)14-18-7-5-9-21-20-8-4-6-16(2)23(20)26(24(18)21)15-17-10-12-19(25)13-11-17/h4,6,8,10-13,18H,3,5,7,9,14-15H2,1-2H3. The van der Waals surface area contributed by atoms with Gasteiger partial charge in [-0.15, -0.1) is 0 Å². The lowest BCUT2D eigenvalue weighted by Crippen LogP contribution is -2.19. The molecule has 0 spiro atoms. The van der Waals surface area contributed by atoms with Crippen molar-refractivity contribution in [1.82, 2.24) is 4.57 Å². The third kappa shape index (κ3) is 3.56. The van der Waals surface area contributed by atoms with E-state index in [1.807, 2.05) is 19.1 Å². The highest BCUT2D eigenvalue weighted by molar-refractivity contribution is 6.30. The lowest BCUT2D eigenvalue weighted by molar-refractivity contribution is -0.143. The Kier molecular flexibility index (Phi) is 5.45. The number of rotatable bonds is 5. The Hall–Kier alpha value is -2.26. The average Bonchev–Trinajstić information content (AvgIpc) is 3.00. The molecule has 28 heavy (non-hydrogen) atoms. The van der Waals surface area contributed by atoms with E-state index in [9.17, 15) is 4.79 Å². The third-order valence-corrected chi connectivity index (χ3v) is 6.02. The van der Waals surface area contributed by atoms with Gasteiger partial charge in [0.2, 0.25) is 0 Å². The number of nitrogens with zero attached hydrogens (tertiary/aromatic N) is 1. The zero-order valence-electron chi connectivity index (χ0n) is 16.5. The Morgan fingerprint density at radius 2 is 2.00 bits per heavy atom. The van der Waals surface area contributed by atoms with Crippen molar-refractivity contribution in [3.05, 3.63) is 69.9 Å². The molecule has 1 aliphatic rings. The number of aromatic nitrogens is 1. The molecule has 1 atom stereocenters. The van der Waals surface area contributed by atoms with Gasteiger partial charge < -0.3 is 9.30 Å². The van der Waals surface area contributed by atoms with Crippen molar-refractivity contribution in [3.63, 3.8) is 0 Å². The minimum Gasteiger partial charge on any atom is -0.466 e. The van der Waals surface area contributed by atoms with Crippen LogP contribution in [0.4, 0.5) is 0 Å². The van der Waals surface area contributed by atoms with Crippen molar-refractivity contribution < 1.29 is 9.53 Å². The number of carbonyl (C=O) groups is 1. The van der Waals surface area contributed by atoms with Gasteiger partial charge in [-0.1, -0.05) is 41.9 Å². The number of fused-ring (bicyclic) bond motifs is 3. The van der Waals surface area contributed by atoms with Crippen molar-refractivity contribution in [1.29, 1.82) is 0 Å². The van der Waals surface area contributed by atoms with Gasteiger partial charge >= 0.3 is 5.97 Å². The lowest BCUT2D eigenvalue weighted by atomic mass is 9.84. The van der Waals surface area contributed by atoms with E-state index in [0.717, 1.165) is 30.8 Å². The molecule has 1 aromatic heterocycles. The van der Waals surface area contributed by atoms with Gasteiger partial charge in [0.15, 0.2) is 0 Å². The van der Waals surface area contributed by atoms with Gasteiger partial charge in [0.25, 0.3) is 0 Å². The summed E-state index contributed by atoms with van der Waals surface area (Å²) in [6.45, 7) is 5.26. The Morgan fingerprint density at radius 1 is 1.21 bits per heavy atom. The first-order valence-corrected chi connectivity index (χ1v) is 10.5. The van der Waals surface area contributed by atoms with E-state index in [-0.39, 0.29) is 11.9 Å². The largest absolute Gasteiger partial charge is 0.466 e. The fraction of sp³-hybridized carbons (Fsp3) is 0.375. The predicted molar refractivity (Wildman–Crippen MR) is 114 cm³/mol. The summed E-state index contributed by atoms with van der Waals surface area (Å²) in [4.78, 5) is 12.3. The van der Waals surface area contributed by atoms with Gasteiger partial charge in [-0.25, -0.2) is 0 Å². The van der Waals surface area contributed by atoms with E-state index in [1.54, 1.807) is 0 Å². The molecule has 0 amide bonds. The summed E-state index contributed by atoms with van der Waals surface area (Å²) in [5.41, 5.74) is 6.51. The van der Waals surface area contributed by atoms with Gasteiger partial charge in [0.1, 0.15) is 0 Å². The first-order valence-electron chi connectivity index (χ1n) is 10.1. The summed E-state index contributed by atoms with van der Waals surface area (Å²) in [5.74, 6) is 0.113. The number of hydrogen-bond acceptors (Lipinski definition) is 2. The minimum absolute atomic E-state index is 0.0969. The van der Waals surface area contributed by atoms with Gasteiger partial charge in [0.05, 0.1) is 18.5 Å². The second-order valence-corrected chi connectivity index (χ2v) is 8.08.